The Morgan fingerprint density at radius 3 is 2.40 bits per heavy atom. The van der Waals surface area contributed by atoms with Gasteiger partial charge in [0.1, 0.15) is 5.75 Å². The second-order valence-corrected chi connectivity index (χ2v) is 3.19. The normalized spacial score (nSPS) is 13.7. The fourth-order valence-corrected chi connectivity index (χ4v) is 1.52. The maximum atomic E-state index is 7.16. The summed E-state index contributed by atoms with van der Waals surface area (Å²) in [5.41, 5.74) is 7.91. The first-order valence-electron chi connectivity index (χ1n) is 6.10. The molecule has 76 valence electrons. The second-order valence-electron chi connectivity index (χ2n) is 3.19. The molecular formula is C13H13NO. The van der Waals surface area contributed by atoms with Crippen LogP contribution in [0, 0.1) is 0 Å². The van der Waals surface area contributed by atoms with Crippen LogP contribution in [0.5, 0.6) is 5.75 Å². The first-order valence-corrected chi connectivity index (χ1v) is 4.60. The molecular weight excluding hydrogens is 186 g/mol. The van der Waals surface area contributed by atoms with E-state index in [9.17, 15) is 0 Å². The number of rotatable bonds is 2. The quantitative estimate of drug-likeness (QED) is 0.760. The molecule has 0 spiro atoms. The molecule has 0 atom stereocenters. The Hall–Kier alpha value is -1.96. The predicted molar refractivity (Wildman–Crippen MR) is 62.8 cm³/mol. The molecule has 2 heteroatoms. The van der Waals surface area contributed by atoms with E-state index in [1.807, 2.05) is 24.3 Å². The topological polar surface area (TPSA) is 35.2 Å². The minimum Gasteiger partial charge on any atom is -0.496 e. The van der Waals surface area contributed by atoms with Crippen LogP contribution >= 0.6 is 0 Å². The average Bonchev–Trinajstić information content (AvgIpc) is 2.29. The standard InChI is InChI=1S/C13H13NO/c1-15-13-9-5-3-7-11(13)10-6-2-4-8-12(10)14/h2-9H,14H2,1H3/i1D3. The van der Waals surface area contributed by atoms with Crippen LogP contribution in [0.2, 0.25) is 0 Å². The van der Waals surface area contributed by atoms with Crippen molar-refractivity contribution in [2.75, 3.05) is 12.8 Å². The van der Waals surface area contributed by atoms with Gasteiger partial charge >= 0.3 is 0 Å². The number of methoxy groups -OCH3 is 1. The Morgan fingerprint density at radius 2 is 1.67 bits per heavy atom. The first-order chi connectivity index (χ1) is 8.47. The van der Waals surface area contributed by atoms with Crippen LogP contribution in [-0.2, 0) is 0 Å². The van der Waals surface area contributed by atoms with Gasteiger partial charge in [-0.1, -0.05) is 36.4 Å². The van der Waals surface area contributed by atoms with E-state index in [-0.39, 0.29) is 0 Å². The lowest BCUT2D eigenvalue weighted by Crippen LogP contribution is -1.92. The van der Waals surface area contributed by atoms with Gasteiger partial charge in [-0.3, -0.25) is 0 Å². The summed E-state index contributed by atoms with van der Waals surface area (Å²) in [6.07, 6.45) is 0. The van der Waals surface area contributed by atoms with Gasteiger partial charge < -0.3 is 10.5 Å². The molecule has 0 amide bonds. The molecule has 0 radical (unpaired) electrons. The van der Waals surface area contributed by atoms with Crippen LogP contribution in [-0.4, -0.2) is 7.04 Å². The van der Waals surface area contributed by atoms with Crippen molar-refractivity contribution >= 4 is 5.69 Å². The van der Waals surface area contributed by atoms with Crippen molar-refractivity contribution in [1.82, 2.24) is 0 Å². The van der Waals surface area contributed by atoms with E-state index in [2.05, 4.69) is 0 Å². The molecule has 0 saturated carbocycles. The monoisotopic (exact) mass is 202 g/mol. The zero-order valence-corrected chi connectivity index (χ0v) is 8.10. The van der Waals surface area contributed by atoms with E-state index in [4.69, 9.17) is 14.6 Å². The zero-order chi connectivity index (χ0) is 13.2. The molecule has 0 aromatic heterocycles. The summed E-state index contributed by atoms with van der Waals surface area (Å²) in [4.78, 5) is 0. The molecule has 2 aromatic carbocycles. The average molecular weight is 202 g/mol. The highest BCUT2D eigenvalue weighted by molar-refractivity contribution is 5.80. The number of hydrogen-bond donors (Lipinski definition) is 1. The van der Waals surface area contributed by atoms with Gasteiger partial charge in [-0.2, -0.15) is 0 Å². The number of ether oxygens (including phenoxy) is 1. The molecule has 0 saturated heterocycles. The fraction of sp³-hybridized carbons (Fsp3) is 0.0769. The predicted octanol–water partition coefficient (Wildman–Crippen LogP) is 2.94. The van der Waals surface area contributed by atoms with Crippen molar-refractivity contribution in [3.63, 3.8) is 0 Å². The molecule has 2 nitrogen and oxygen atoms in total. The van der Waals surface area contributed by atoms with E-state index in [0.29, 0.717) is 17.0 Å². The van der Waals surface area contributed by atoms with Gasteiger partial charge in [0.05, 0.1) is 11.2 Å². The molecule has 0 fully saturated rings. The molecule has 0 aliphatic heterocycles. The Kier molecular flexibility index (Phi) is 1.76. The van der Waals surface area contributed by atoms with Crippen molar-refractivity contribution < 1.29 is 8.85 Å². The lowest BCUT2D eigenvalue weighted by atomic mass is 10.0. The first kappa shape index (κ1) is 6.51. The van der Waals surface area contributed by atoms with Gasteiger partial charge in [-0.05, 0) is 12.1 Å². The van der Waals surface area contributed by atoms with Crippen molar-refractivity contribution in [2.24, 2.45) is 0 Å². The zero-order valence-electron chi connectivity index (χ0n) is 11.1. The Bertz CT molecular complexity index is 552. The smallest absolute Gasteiger partial charge is 0.126 e. The summed E-state index contributed by atoms with van der Waals surface area (Å²) in [7, 11) is -2.47. The summed E-state index contributed by atoms with van der Waals surface area (Å²) in [6.45, 7) is 0. The number of nitrogens with two attached hydrogens (primary N) is 1. The minimum atomic E-state index is -2.47. The lowest BCUT2D eigenvalue weighted by molar-refractivity contribution is 0.416. The maximum absolute atomic E-state index is 7.16. The van der Waals surface area contributed by atoms with Crippen LogP contribution in [0.1, 0.15) is 4.11 Å². The molecule has 2 aromatic rings. The third-order valence-electron chi connectivity index (χ3n) is 2.25. The number of hydrogen-bond acceptors (Lipinski definition) is 2. The molecule has 2 rings (SSSR count). The number of para-hydroxylation sites is 2. The fourth-order valence-electron chi connectivity index (χ4n) is 1.52. The van der Waals surface area contributed by atoms with E-state index in [1.54, 1.807) is 24.3 Å². The van der Waals surface area contributed by atoms with Gasteiger partial charge in [0.25, 0.3) is 0 Å². The van der Waals surface area contributed by atoms with Gasteiger partial charge in [0.2, 0.25) is 0 Å². The van der Waals surface area contributed by atoms with Gasteiger partial charge in [-0.25, -0.2) is 0 Å². The van der Waals surface area contributed by atoms with Crippen molar-refractivity contribution in [3.8, 4) is 16.9 Å². The van der Waals surface area contributed by atoms with Gasteiger partial charge in [0.15, 0.2) is 0 Å². The highest BCUT2D eigenvalue weighted by atomic mass is 16.5. The Morgan fingerprint density at radius 1 is 1.00 bits per heavy atom. The largest absolute Gasteiger partial charge is 0.496 e. The van der Waals surface area contributed by atoms with E-state index in [0.717, 1.165) is 5.56 Å². The lowest BCUT2D eigenvalue weighted by Gasteiger charge is -2.09. The van der Waals surface area contributed by atoms with Crippen LogP contribution < -0.4 is 10.5 Å². The Labute approximate surface area is 93.5 Å². The summed E-state index contributed by atoms with van der Waals surface area (Å²) in [5.74, 6) is 0.301. The summed E-state index contributed by atoms with van der Waals surface area (Å²) in [6, 6.07) is 14.2. The molecule has 0 heterocycles. The molecule has 2 N–H and O–H groups in total. The van der Waals surface area contributed by atoms with Crippen LogP contribution in [0.4, 0.5) is 5.69 Å². The second kappa shape index (κ2) is 4.05. The van der Waals surface area contributed by atoms with Crippen molar-refractivity contribution in [3.05, 3.63) is 48.5 Å². The van der Waals surface area contributed by atoms with E-state index in [1.165, 1.54) is 0 Å². The highest BCUT2D eigenvalue weighted by Gasteiger charge is 2.06. The third kappa shape index (κ3) is 1.79. The molecule has 0 aliphatic carbocycles. The highest BCUT2D eigenvalue weighted by Crippen LogP contribution is 2.32. The van der Waals surface area contributed by atoms with E-state index >= 15 is 0 Å². The van der Waals surface area contributed by atoms with Crippen LogP contribution in [0.3, 0.4) is 0 Å². The van der Waals surface area contributed by atoms with E-state index < -0.39 is 7.04 Å². The number of anilines is 1. The third-order valence-corrected chi connectivity index (χ3v) is 2.25. The molecule has 15 heavy (non-hydrogen) atoms. The minimum absolute atomic E-state index is 0.301. The van der Waals surface area contributed by atoms with Crippen molar-refractivity contribution in [2.45, 2.75) is 0 Å². The van der Waals surface area contributed by atoms with Crippen LogP contribution in [0.25, 0.3) is 11.1 Å². The molecule has 0 bridgehead atoms. The SMILES string of the molecule is [2H]C([2H])([2H])Oc1ccccc1-c1ccccc1N. The van der Waals surface area contributed by atoms with Gasteiger partial charge in [0, 0.05) is 16.8 Å². The Balaban J connectivity index is 2.49. The summed E-state index contributed by atoms with van der Waals surface area (Å²) in [5, 5.41) is 0. The summed E-state index contributed by atoms with van der Waals surface area (Å²) >= 11 is 0. The maximum Gasteiger partial charge on any atom is 0.126 e. The molecule has 0 unspecified atom stereocenters. The summed E-state index contributed by atoms with van der Waals surface area (Å²) < 4.78 is 26.5. The van der Waals surface area contributed by atoms with Crippen LogP contribution in [0.15, 0.2) is 48.5 Å². The number of nitrogen functional groups attached to an aromatic ring is 1. The van der Waals surface area contributed by atoms with Crippen molar-refractivity contribution in [1.29, 1.82) is 0 Å². The molecule has 0 aliphatic rings. The number of benzene rings is 2. The van der Waals surface area contributed by atoms with Gasteiger partial charge in [-0.15, -0.1) is 0 Å².